The highest BCUT2D eigenvalue weighted by Crippen LogP contribution is 2.39. The molecule has 1 saturated heterocycles. The fraction of sp³-hybridized carbons (Fsp3) is 0.154. The third-order valence-electron chi connectivity index (χ3n) is 4.97. The van der Waals surface area contributed by atoms with Gasteiger partial charge in [0.05, 0.1) is 22.9 Å². The fourth-order valence-corrected chi connectivity index (χ4v) is 4.26. The lowest BCUT2D eigenvalue weighted by Crippen LogP contribution is -2.28. The van der Waals surface area contributed by atoms with Crippen molar-refractivity contribution in [3.63, 3.8) is 0 Å². The van der Waals surface area contributed by atoms with E-state index in [1.807, 2.05) is 69.3 Å². The van der Waals surface area contributed by atoms with E-state index in [2.05, 4.69) is 0 Å². The van der Waals surface area contributed by atoms with Crippen LogP contribution in [0.25, 0.3) is 6.08 Å². The Bertz CT molecular complexity index is 1200. The maximum atomic E-state index is 13.4. The third kappa shape index (κ3) is 4.55. The molecule has 5 nitrogen and oxygen atoms in total. The minimum atomic E-state index is -0.189. The van der Waals surface area contributed by atoms with Gasteiger partial charge in [0, 0.05) is 5.56 Å². The van der Waals surface area contributed by atoms with Gasteiger partial charge in [0.1, 0.15) is 0 Å². The second kappa shape index (κ2) is 9.32. The van der Waals surface area contributed by atoms with Crippen molar-refractivity contribution in [1.82, 2.24) is 0 Å². The van der Waals surface area contributed by atoms with Gasteiger partial charge < -0.3 is 9.84 Å². The van der Waals surface area contributed by atoms with Gasteiger partial charge in [0.2, 0.25) is 0 Å². The van der Waals surface area contributed by atoms with Crippen LogP contribution in [0, 0.1) is 13.8 Å². The molecule has 6 heteroatoms. The summed E-state index contributed by atoms with van der Waals surface area (Å²) in [5.74, 6) is 0.216. The molecule has 0 radical (unpaired) electrons. The lowest BCUT2D eigenvalue weighted by molar-refractivity contribution is -0.113. The van der Waals surface area contributed by atoms with E-state index in [0.29, 0.717) is 28.0 Å². The zero-order valence-electron chi connectivity index (χ0n) is 18.2. The van der Waals surface area contributed by atoms with Crippen LogP contribution in [0.1, 0.15) is 23.6 Å². The molecule has 1 fully saturated rings. The van der Waals surface area contributed by atoms with Crippen LogP contribution < -0.4 is 9.64 Å². The van der Waals surface area contributed by atoms with Gasteiger partial charge in [-0.2, -0.15) is 0 Å². The van der Waals surface area contributed by atoms with E-state index in [9.17, 15) is 9.90 Å². The number of carbonyl (C=O) groups excluding carboxylic acids is 1. The van der Waals surface area contributed by atoms with Crippen molar-refractivity contribution in [2.24, 2.45) is 4.99 Å². The first kappa shape index (κ1) is 21.7. The Balaban J connectivity index is 1.77. The molecule has 1 heterocycles. The highest BCUT2D eigenvalue weighted by atomic mass is 32.2. The number of ether oxygens (including phenoxy) is 1. The van der Waals surface area contributed by atoms with Crippen LogP contribution in [-0.2, 0) is 4.79 Å². The van der Waals surface area contributed by atoms with Crippen LogP contribution in [0.5, 0.6) is 11.5 Å². The second-order valence-electron chi connectivity index (χ2n) is 7.44. The van der Waals surface area contributed by atoms with Crippen molar-refractivity contribution < 1.29 is 14.6 Å². The predicted octanol–water partition coefficient (Wildman–Crippen LogP) is 6.22. The number of amidine groups is 1. The van der Waals surface area contributed by atoms with E-state index in [1.165, 1.54) is 11.8 Å². The number of para-hydroxylation sites is 1. The number of phenols is 1. The summed E-state index contributed by atoms with van der Waals surface area (Å²) >= 11 is 1.28. The summed E-state index contributed by atoms with van der Waals surface area (Å²) in [6.07, 6.45) is 1.68. The van der Waals surface area contributed by atoms with Crippen LogP contribution in [0.3, 0.4) is 0 Å². The summed E-state index contributed by atoms with van der Waals surface area (Å²) in [7, 11) is 0. The third-order valence-corrected chi connectivity index (χ3v) is 5.94. The Morgan fingerprint density at radius 2 is 1.66 bits per heavy atom. The van der Waals surface area contributed by atoms with Crippen LogP contribution >= 0.6 is 11.8 Å². The zero-order chi connectivity index (χ0) is 22.7. The minimum Gasteiger partial charge on any atom is -0.504 e. The predicted molar refractivity (Wildman–Crippen MR) is 132 cm³/mol. The number of phenolic OH excluding ortho intramolecular Hbond substituents is 1. The van der Waals surface area contributed by atoms with Crippen molar-refractivity contribution >= 4 is 40.3 Å². The van der Waals surface area contributed by atoms with Gasteiger partial charge >= 0.3 is 0 Å². The van der Waals surface area contributed by atoms with Gasteiger partial charge in [-0.3, -0.25) is 9.69 Å². The number of aryl methyl sites for hydroxylation is 2. The molecular weight excluding hydrogens is 420 g/mol. The summed E-state index contributed by atoms with van der Waals surface area (Å²) < 4.78 is 5.47. The molecule has 32 heavy (non-hydrogen) atoms. The van der Waals surface area contributed by atoms with E-state index in [0.717, 1.165) is 22.5 Å². The highest BCUT2D eigenvalue weighted by Gasteiger charge is 2.35. The number of carbonyl (C=O) groups is 1. The molecule has 0 aromatic heterocycles. The lowest BCUT2D eigenvalue weighted by atomic mass is 10.1. The van der Waals surface area contributed by atoms with Crippen LogP contribution in [0.2, 0.25) is 0 Å². The minimum absolute atomic E-state index is 0.0149. The first-order valence-electron chi connectivity index (χ1n) is 10.4. The van der Waals surface area contributed by atoms with E-state index in [4.69, 9.17) is 9.73 Å². The molecule has 3 aromatic rings. The SMILES string of the molecule is CCOc1cccc(/C=C2\SC(=Nc3ccc(C)cc3)N(c3ccc(C)cc3)C2=O)c1O. The molecular formula is C26H24N2O3S. The maximum Gasteiger partial charge on any atom is 0.271 e. The van der Waals surface area contributed by atoms with Crippen molar-refractivity contribution in [2.75, 3.05) is 11.5 Å². The van der Waals surface area contributed by atoms with E-state index in [1.54, 1.807) is 29.2 Å². The van der Waals surface area contributed by atoms with Crippen molar-refractivity contribution in [1.29, 1.82) is 0 Å². The van der Waals surface area contributed by atoms with Crippen molar-refractivity contribution in [3.8, 4) is 11.5 Å². The van der Waals surface area contributed by atoms with Gasteiger partial charge in [-0.1, -0.05) is 47.5 Å². The molecule has 0 bridgehead atoms. The number of benzene rings is 3. The molecule has 0 spiro atoms. The quantitative estimate of drug-likeness (QED) is 0.475. The number of hydrogen-bond donors (Lipinski definition) is 1. The molecule has 1 amide bonds. The number of amides is 1. The summed E-state index contributed by atoms with van der Waals surface area (Å²) in [6.45, 7) is 6.32. The monoisotopic (exact) mass is 444 g/mol. The largest absolute Gasteiger partial charge is 0.504 e. The Hall–Kier alpha value is -3.51. The molecule has 0 unspecified atom stereocenters. The van der Waals surface area contributed by atoms with Crippen molar-refractivity contribution in [2.45, 2.75) is 20.8 Å². The molecule has 0 aliphatic carbocycles. The molecule has 4 rings (SSSR count). The first-order valence-corrected chi connectivity index (χ1v) is 11.2. The average Bonchev–Trinajstić information content (AvgIpc) is 3.08. The molecule has 3 aromatic carbocycles. The number of thioether (sulfide) groups is 1. The smallest absolute Gasteiger partial charge is 0.271 e. The van der Waals surface area contributed by atoms with E-state index >= 15 is 0 Å². The molecule has 0 atom stereocenters. The van der Waals surface area contributed by atoms with Crippen LogP contribution in [0.15, 0.2) is 76.6 Å². The number of anilines is 1. The molecule has 0 saturated carbocycles. The Kier molecular flexibility index (Phi) is 6.32. The highest BCUT2D eigenvalue weighted by molar-refractivity contribution is 8.19. The summed E-state index contributed by atoms with van der Waals surface area (Å²) in [6, 6.07) is 20.8. The van der Waals surface area contributed by atoms with Crippen LogP contribution in [0.4, 0.5) is 11.4 Å². The number of hydrogen-bond acceptors (Lipinski definition) is 5. The van der Waals surface area contributed by atoms with Crippen molar-refractivity contribution in [3.05, 3.63) is 88.3 Å². The standard InChI is InChI=1S/C26H24N2O3S/c1-4-31-22-7-5-6-19(24(22)29)16-23-25(30)28(21-14-10-18(3)11-15-21)26(32-23)27-20-12-8-17(2)9-13-20/h5-16,29H,4H2,1-3H3/b23-16-,27-26?. The average molecular weight is 445 g/mol. The van der Waals surface area contributed by atoms with Gasteiger partial charge in [-0.15, -0.1) is 0 Å². The van der Waals surface area contributed by atoms with Gasteiger partial charge in [-0.05, 0) is 68.9 Å². The lowest BCUT2D eigenvalue weighted by Gasteiger charge is -2.16. The summed E-state index contributed by atoms with van der Waals surface area (Å²) in [5, 5.41) is 11.1. The topological polar surface area (TPSA) is 62.1 Å². The molecule has 1 N–H and O–H groups in total. The first-order chi connectivity index (χ1) is 15.5. The van der Waals surface area contributed by atoms with Gasteiger partial charge in [0.25, 0.3) is 5.91 Å². The maximum absolute atomic E-state index is 13.4. The summed E-state index contributed by atoms with van der Waals surface area (Å²) in [4.78, 5) is 20.2. The molecule has 162 valence electrons. The van der Waals surface area contributed by atoms with Gasteiger partial charge in [0.15, 0.2) is 16.7 Å². The number of aliphatic imine (C=N–C) groups is 1. The normalized spacial score (nSPS) is 16.2. The Morgan fingerprint density at radius 3 is 2.31 bits per heavy atom. The molecule has 1 aliphatic rings. The fourth-order valence-electron chi connectivity index (χ4n) is 3.27. The Morgan fingerprint density at radius 1 is 1.00 bits per heavy atom. The van der Waals surface area contributed by atoms with E-state index in [-0.39, 0.29) is 11.7 Å². The molecule has 1 aliphatic heterocycles. The zero-order valence-corrected chi connectivity index (χ0v) is 19.0. The second-order valence-corrected chi connectivity index (χ2v) is 8.45. The summed E-state index contributed by atoms with van der Waals surface area (Å²) in [5.41, 5.74) is 4.29. The van der Waals surface area contributed by atoms with Crippen LogP contribution in [-0.4, -0.2) is 22.8 Å². The number of rotatable bonds is 5. The Labute approximate surface area is 192 Å². The van der Waals surface area contributed by atoms with Gasteiger partial charge in [-0.25, -0.2) is 4.99 Å². The number of aromatic hydroxyl groups is 1. The number of nitrogens with zero attached hydrogens (tertiary/aromatic N) is 2. The van der Waals surface area contributed by atoms with E-state index < -0.39 is 0 Å².